The SMILES string of the molecule is C#CC[SiH2]OC. The molecule has 0 aliphatic rings. The molecule has 0 fully saturated rings. The highest BCUT2D eigenvalue weighted by Crippen LogP contribution is 1.69. The van der Waals surface area contributed by atoms with Gasteiger partial charge >= 0.3 is 0 Å². The minimum absolute atomic E-state index is 0.314. The van der Waals surface area contributed by atoms with Gasteiger partial charge in [0.2, 0.25) is 0 Å². The average molecular weight is 100 g/mol. The van der Waals surface area contributed by atoms with E-state index in [-0.39, 0.29) is 9.76 Å². The van der Waals surface area contributed by atoms with E-state index in [1.54, 1.807) is 7.11 Å². The summed E-state index contributed by atoms with van der Waals surface area (Å²) in [7, 11) is 1.38. The standard InChI is InChI=1S/C4H8OSi/c1-3-4-6-5-2/h1H,4,6H2,2H3. The van der Waals surface area contributed by atoms with Crippen LogP contribution in [-0.2, 0) is 4.43 Å². The minimum atomic E-state index is -0.314. The molecule has 0 rings (SSSR count). The third-order valence-corrected chi connectivity index (χ3v) is 1.35. The van der Waals surface area contributed by atoms with Gasteiger partial charge in [-0.05, 0) is 0 Å². The highest BCUT2D eigenvalue weighted by atomic mass is 28.2. The molecule has 1 nitrogen and oxygen atoms in total. The van der Waals surface area contributed by atoms with E-state index in [2.05, 4.69) is 5.92 Å². The summed E-state index contributed by atoms with van der Waals surface area (Å²) in [4.78, 5) is 0. The molecular weight excluding hydrogens is 92.1 g/mol. The molecular formula is C4H8OSi. The lowest BCUT2D eigenvalue weighted by Gasteiger charge is -1.83. The summed E-state index contributed by atoms with van der Waals surface area (Å²) in [6, 6.07) is 0.858. The van der Waals surface area contributed by atoms with Gasteiger partial charge in [0.25, 0.3) is 0 Å². The van der Waals surface area contributed by atoms with E-state index in [9.17, 15) is 0 Å². The molecule has 0 atom stereocenters. The molecule has 0 aliphatic carbocycles. The van der Waals surface area contributed by atoms with E-state index in [1.807, 2.05) is 0 Å². The molecule has 0 radical (unpaired) electrons. The maximum absolute atomic E-state index is 4.92. The fourth-order valence-corrected chi connectivity index (χ4v) is 0.483. The second-order valence-electron chi connectivity index (χ2n) is 0.947. The van der Waals surface area contributed by atoms with Crippen LogP contribution in [0.1, 0.15) is 0 Å². The predicted molar refractivity (Wildman–Crippen MR) is 29.2 cm³/mol. The van der Waals surface area contributed by atoms with Gasteiger partial charge in [0.05, 0.1) is 0 Å². The first-order valence-electron chi connectivity index (χ1n) is 1.84. The predicted octanol–water partition coefficient (Wildman–Crippen LogP) is -0.232. The van der Waals surface area contributed by atoms with Crippen molar-refractivity contribution in [3.8, 4) is 12.3 Å². The van der Waals surface area contributed by atoms with E-state index in [4.69, 9.17) is 10.8 Å². The molecule has 34 valence electrons. The lowest BCUT2D eigenvalue weighted by molar-refractivity contribution is 0.444. The normalized spacial score (nSPS) is 9.33. The molecule has 0 aromatic heterocycles. The van der Waals surface area contributed by atoms with Gasteiger partial charge in [0.15, 0.2) is 9.76 Å². The Morgan fingerprint density at radius 1 is 2.00 bits per heavy atom. The summed E-state index contributed by atoms with van der Waals surface area (Å²) >= 11 is 0. The molecule has 0 N–H and O–H groups in total. The third kappa shape index (κ3) is 3.74. The lowest BCUT2D eigenvalue weighted by Crippen LogP contribution is -1.87. The molecule has 0 aromatic carbocycles. The number of hydrogen-bond donors (Lipinski definition) is 0. The Bertz CT molecular complexity index is 55.1. The van der Waals surface area contributed by atoms with Gasteiger partial charge in [-0.1, -0.05) is 0 Å². The Kier molecular flexibility index (Phi) is 4.53. The van der Waals surface area contributed by atoms with Gasteiger partial charge in [0, 0.05) is 13.2 Å². The Morgan fingerprint density at radius 3 is 2.83 bits per heavy atom. The van der Waals surface area contributed by atoms with Crippen LogP contribution in [0.2, 0.25) is 6.04 Å². The van der Waals surface area contributed by atoms with Gasteiger partial charge in [-0.15, -0.1) is 12.3 Å². The second kappa shape index (κ2) is 4.74. The Labute approximate surface area is 40.6 Å². The Morgan fingerprint density at radius 2 is 2.67 bits per heavy atom. The van der Waals surface area contributed by atoms with Crippen molar-refractivity contribution >= 4 is 9.76 Å². The number of rotatable bonds is 2. The molecule has 0 saturated carbocycles. The summed E-state index contributed by atoms with van der Waals surface area (Å²) in [5, 5.41) is 0. The molecule has 0 unspecified atom stereocenters. The summed E-state index contributed by atoms with van der Waals surface area (Å²) in [6.45, 7) is 0. The largest absolute Gasteiger partial charge is 0.426 e. The van der Waals surface area contributed by atoms with Gasteiger partial charge in [-0.25, -0.2) is 0 Å². The van der Waals surface area contributed by atoms with Crippen LogP contribution in [0.3, 0.4) is 0 Å². The van der Waals surface area contributed by atoms with Crippen LogP contribution in [0.15, 0.2) is 0 Å². The summed E-state index contributed by atoms with van der Waals surface area (Å²) in [5.41, 5.74) is 0. The smallest absolute Gasteiger partial charge is 0.172 e. The molecule has 0 spiro atoms. The van der Waals surface area contributed by atoms with Crippen LogP contribution in [0.5, 0.6) is 0 Å². The van der Waals surface area contributed by atoms with E-state index < -0.39 is 0 Å². The third-order valence-electron chi connectivity index (χ3n) is 0.451. The molecule has 0 bridgehead atoms. The summed E-state index contributed by atoms with van der Waals surface area (Å²) in [5.74, 6) is 2.51. The van der Waals surface area contributed by atoms with Crippen molar-refractivity contribution in [3.05, 3.63) is 0 Å². The molecule has 0 aromatic rings. The quantitative estimate of drug-likeness (QED) is 0.264. The number of terminal acetylenes is 1. The zero-order chi connectivity index (χ0) is 4.83. The van der Waals surface area contributed by atoms with Crippen LogP contribution in [0, 0.1) is 12.3 Å². The molecule has 2 heteroatoms. The molecule has 0 saturated heterocycles. The zero-order valence-corrected chi connectivity index (χ0v) is 5.31. The monoisotopic (exact) mass is 100 g/mol. The molecule has 0 heterocycles. The van der Waals surface area contributed by atoms with Gasteiger partial charge < -0.3 is 4.43 Å². The first-order chi connectivity index (χ1) is 2.91. The maximum atomic E-state index is 4.92. The highest BCUT2D eigenvalue weighted by Gasteiger charge is 1.73. The molecule has 0 amide bonds. The first kappa shape index (κ1) is 5.74. The van der Waals surface area contributed by atoms with Crippen molar-refractivity contribution < 1.29 is 4.43 Å². The maximum Gasteiger partial charge on any atom is 0.172 e. The van der Waals surface area contributed by atoms with Gasteiger partial charge in [-0.2, -0.15) is 0 Å². The zero-order valence-electron chi connectivity index (χ0n) is 3.90. The number of hydrogen-bond acceptors (Lipinski definition) is 1. The van der Waals surface area contributed by atoms with Crippen LogP contribution < -0.4 is 0 Å². The van der Waals surface area contributed by atoms with Crippen LogP contribution in [0.25, 0.3) is 0 Å². The van der Waals surface area contributed by atoms with Crippen LogP contribution in [-0.4, -0.2) is 16.9 Å². The molecule has 0 aliphatic heterocycles. The molecule has 6 heavy (non-hydrogen) atoms. The van der Waals surface area contributed by atoms with E-state index >= 15 is 0 Å². The lowest BCUT2D eigenvalue weighted by atomic mass is 10.8. The fourth-order valence-electron chi connectivity index (χ4n) is 0.161. The Balaban J connectivity index is 2.54. The minimum Gasteiger partial charge on any atom is -0.426 e. The van der Waals surface area contributed by atoms with Crippen molar-refractivity contribution in [1.29, 1.82) is 0 Å². The van der Waals surface area contributed by atoms with Crippen molar-refractivity contribution in [1.82, 2.24) is 0 Å². The Hall–Kier alpha value is -0.263. The van der Waals surface area contributed by atoms with E-state index in [0.29, 0.717) is 0 Å². The van der Waals surface area contributed by atoms with Gasteiger partial charge in [-0.3, -0.25) is 0 Å². The second-order valence-corrected chi connectivity index (χ2v) is 2.43. The summed E-state index contributed by atoms with van der Waals surface area (Å²) < 4.78 is 4.78. The first-order valence-corrected chi connectivity index (χ1v) is 3.42. The van der Waals surface area contributed by atoms with Crippen LogP contribution >= 0.6 is 0 Å². The van der Waals surface area contributed by atoms with E-state index in [0.717, 1.165) is 6.04 Å². The van der Waals surface area contributed by atoms with Crippen molar-refractivity contribution in [2.24, 2.45) is 0 Å². The summed E-state index contributed by atoms with van der Waals surface area (Å²) in [6.07, 6.45) is 4.92. The van der Waals surface area contributed by atoms with Crippen molar-refractivity contribution in [2.75, 3.05) is 7.11 Å². The van der Waals surface area contributed by atoms with Crippen LogP contribution in [0.4, 0.5) is 0 Å². The van der Waals surface area contributed by atoms with Gasteiger partial charge in [0.1, 0.15) is 0 Å². The van der Waals surface area contributed by atoms with Crippen molar-refractivity contribution in [3.63, 3.8) is 0 Å². The van der Waals surface area contributed by atoms with Crippen molar-refractivity contribution in [2.45, 2.75) is 6.04 Å². The van der Waals surface area contributed by atoms with E-state index in [1.165, 1.54) is 0 Å². The fraction of sp³-hybridized carbons (Fsp3) is 0.500. The average Bonchev–Trinajstić information content (AvgIpc) is 1.61. The highest BCUT2D eigenvalue weighted by molar-refractivity contribution is 6.28. The topological polar surface area (TPSA) is 9.23 Å².